The summed E-state index contributed by atoms with van der Waals surface area (Å²) in [6.07, 6.45) is 0.856. The summed E-state index contributed by atoms with van der Waals surface area (Å²) in [7, 11) is 5.76. The number of thiazole rings is 1. The van der Waals surface area contributed by atoms with Crippen molar-refractivity contribution in [2.24, 2.45) is 4.99 Å². The first-order valence-electron chi connectivity index (χ1n) is 9.52. The number of guanidine groups is 1. The molecular formula is C20H32IN5O2S. The Bertz CT molecular complexity index is 767. The molecule has 0 unspecified atom stereocenters. The standard InChI is InChI=1S/C20H31N5O2S.HI/c1-6-26-17-9-8-15(12-18(17)27-7-2)10-11-22-19(21-3)23-13-16-14-28-20(24-16)25(4)5;/h8-9,12,14H,6-7,10-11,13H2,1-5H3,(H2,21,22,23);1H. The van der Waals surface area contributed by atoms with E-state index in [-0.39, 0.29) is 24.0 Å². The summed E-state index contributed by atoms with van der Waals surface area (Å²) in [5, 5.41) is 9.70. The Morgan fingerprint density at radius 1 is 1.14 bits per heavy atom. The predicted octanol–water partition coefficient (Wildman–Crippen LogP) is 3.53. The van der Waals surface area contributed by atoms with Crippen LogP contribution in [0, 0.1) is 0 Å². The Labute approximate surface area is 194 Å². The molecule has 1 heterocycles. The second kappa shape index (κ2) is 13.5. The van der Waals surface area contributed by atoms with Crippen molar-refractivity contribution in [3.63, 3.8) is 0 Å². The van der Waals surface area contributed by atoms with E-state index in [2.05, 4.69) is 32.1 Å². The second-order valence-corrected chi connectivity index (χ2v) is 7.10. The van der Waals surface area contributed by atoms with Crippen molar-refractivity contribution in [3.05, 3.63) is 34.8 Å². The van der Waals surface area contributed by atoms with Crippen LogP contribution in [0.4, 0.5) is 5.13 Å². The van der Waals surface area contributed by atoms with Crippen molar-refractivity contribution >= 4 is 46.4 Å². The summed E-state index contributed by atoms with van der Waals surface area (Å²) in [5.74, 6) is 2.35. The molecule has 0 radical (unpaired) electrons. The molecule has 0 saturated heterocycles. The largest absolute Gasteiger partial charge is 0.490 e. The molecule has 7 nitrogen and oxygen atoms in total. The van der Waals surface area contributed by atoms with Crippen LogP contribution in [0.2, 0.25) is 0 Å². The Morgan fingerprint density at radius 3 is 2.48 bits per heavy atom. The fourth-order valence-corrected chi connectivity index (χ4v) is 3.31. The van der Waals surface area contributed by atoms with Crippen LogP contribution in [0.3, 0.4) is 0 Å². The number of halogens is 1. The molecule has 29 heavy (non-hydrogen) atoms. The maximum absolute atomic E-state index is 5.69. The van der Waals surface area contributed by atoms with E-state index in [1.165, 1.54) is 5.56 Å². The van der Waals surface area contributed by atoms with Gasteiger partial charge in [-0.1, -0.05) is 6.07 Å². The van der Waals surface area contributed by atoms with Crippen LogP contribution in [-0.4, -0.2) is 51.8 Å². The number of aliphatic imine (C=N–C) groups is 1. The number of nitrogens with one attached hydrogen (secondary N) is 2. The van der Waals surface area contributed by atoms with Gasteiger partial charge < -0.3 is 25.0 Å². The molecule has 0 saturated carbocycles. The summed E-state index contributed by atoms with van der Waals surface area (Å²) in [4.78, 5) is 10.9. The number of ether oxygens (including phenoxy) is 2. The lowest BCUT2D eigenvalue weighted by Gasteiger charge is -2.14. The quantitative estimate of drug-likeness (QED) is 0.277. The van der Waals surface area contributed by atoms with E-state index in [1.807, 2.05) is 45.0 Å². The van der Waals surface area contributed by atoms with Gasteiger partial charge in [0.05, 0.1) is 25.5 Å². The first-order chi connectivity index (χ1) is 13.6. The molecule has 0 spiro atoms. The minimum absolute atomic E-state index is 0. The minimum Gasteiger partial charge on any atom is -0.490 e. The SMILES string of the molecule is CCOc1ccc(CCNC(=NC)NCc2csc(N(C)C)n2)cc1OCC.I. The number of benzene rings is 1. The van der Waals surface area contributed by atoms with E-state index in [0.29, 0.717) is 19.8 Å². The number of hydrogen-bond donors (Lipinski definition) is 2. The molecule has 0 fully saturated rings. The third-order valence-corrected chi connectivity index (χ3v) is 4.95. The van der Waals surface area contributed by atoms with Crippen LogP contribution in [0.15, 0.2) is 28.6 Å². The van der Waals surface area contributed by atoms with Crippen molar-refractivity contribution in [2.75, 3.05) is 45.8 Å². The molecule has 2 aromatic rings. The molecule has 0 amide bonds. The number of aromatic nitrogens is 1. The predicted molar refractivity (Wildman–Crippen MR) is 133 cm³/mol. The molecule has 162 valence electrons. The molecule has 0 atom stereocenters. The Hall–Kier alpha value is -1.75. The highest BCUT2D eigenvalue weighted by Gasteiger charge is 2.07. The van der Waals surface area contributed by atoms with Gasteiger partial charge in [0, 0.05) is 33.1 Å². The lowest BCUT2D eigenvalue weighted by atomic mass is 10.1. The van der Waals surface area contributed by atoms with Crippen molar-refractivity contribution in [1.82, 2.24) is 15.6 Å². The Morgan fingerprint density at radius 2 is 1.86 bits per heavy atom. The van der Waals surface area contributed by atoms with Crippen LogP contribution in [0.5, 0.6) is 11.5 Å². The zero-order valence-electron chi connectivity index (χ0n) is 17.8. The summed E-state index contributed by atoms with van der Waals surface area (Å²) in [6, 6.07) is 6.09. The van der Waals surface area contributed by atoms with E-state index < -0.39 is 0 Å². The maximum Gasteiger partial charge on any atom is 0.191 e. The van der Waals surface area contributed by atoms with Gasteiger partial charge in [0.1, 0.15) is 0 Å². The van der Waals surface area contributed by atoms with Crippen LogP contribution >= 0.6 is 35.3 Å². The van der Waals surface area contributed by atoms with Gasteiger partial charge in [0.2, 0.25) is 0 Å². The highest BCUT2D eigenvalue weighted by Crippen LogP contribution is 2.28. The normalized spacial score (nSPS) is 10.9. The van der Waals surface area contributed by atoms with Crippen molar-refractivity contribution < 1.29 is 9.47 Å². The van der Waals surface area contributed by atoms with Gasteiger partial charge in [-0.25, -0.2) is 4.98 Å². The molecule has 0 aliphatic carbocycles. The molecular weight excluding hydrogens is 501 g/mol. The number of hydrogen-bond acceptors (Lipinski definition) is 6. The second-order valence-electron chi connectivity index (χ2n) is 6.27. The minimum atomic E-state index is 0. The van der Waals surface area contributed by atoms with Crippen molar-refractivity contribution in [2.45, 2.75) is 26.8 Å². The molecule has 2 rings (SSSR count). The topological polar surface area (TPSA) is 71.0 Å². The first-order valence-corrected chi connectivity index (χ1v) is 10.4. The fourth-order valence-electron chi connectivity index (χ4n) is 2.55. The van der Waals surface area contributed by atoms with Crippen LogP contribution < -0.4 is 25.0 Å². The third-order valence-electron chi connectivity index (χ3n) is 3.90. The van der Waals surface area contributed by atoms with Gasteiger partial charge in [-0.3, -0.25) is 4.99 Å². The summed E-state index contributed by atoms with van der Waals surface area (Å²) < 4.78 is 11.3. The van der Waals surface area contributed by atoms with Crippen molar-refractivity contribution in [3.8, 4) is 11.5 Å². The number of rotatable bonds is 10. The monoisotopic (exact) mass is 533 g/mol. The maximum atomic E-state index is 5.69. The lowest BCUT2D eigenvalue weighted by Crippen LogP contribution is -2.37. The Balaban J connectivity index is 0.00000420. The highest BCUT2D eigenvalue weighted by molar-refractivity contribution is 14.0. The highest BCUT2D eigenvalue weighted by atomic mass is 127. The van der Waals surface area contributed by atoms with E-state index in [4.69, 9.17) is 9.47 Å². The fraction of sp³-hybridized carbons (Fsp3) is 0.500. The summed E-state index contributed by atoms with van der Waals surface area (Å²) in [6.45, 7) is 6.59. The third kappa shape index (κ3) is 8.25. The van der Waals surface area contributed by atoms with Crippen LogP contribution in [0.1, 0.15) is 25.1 Å². The van der Waals surface area contributed by atoms with Gasteiger partial charge >= 0.3 is 0 Å². The van der Waals surface area contributed by atoms with E-state index in [0.717, 1.165) is 41.2 Å². The molecule has 2 N–H and O–H groups in total. The van der Waals surface area contributed by atoms with Crippen LogP contribution in [-0.2, 0) is 13.0 Å². The van der Waals surface area contributed by atoms with Gasteiger partial charge in [0.15, 0.2) is 22.6 Å². The molecule has 9 heteroatoms. The van der Waals surface area contributed by atoms with Gasteiger partial charge in [-0.2, -0.15) is 0 Å². The van der Waals surface area contributed by atoms with Gasteiger partial charge in [-0.15, -0.1) is 35.3 Å². The zero-order chi connectivity index (χ0) is 20.4. The summed E-state index contributed by atoms with van der Waals surface area (Å²) >= 11 is 1.63. The van der Waals surface area contributed by atoms with Gasteiger partial charge in [-0.05, 0) is 38.0 Å². The number of nitrogens with zero attached hydrogens (tertiary/aromatic N) is 3. The molecule has 0 bridgehead atoms. The first kappa shape index (κ1) is 25.3. The summed E-state index contributed by atoms with van der Waals surface area (Å²) in [5.41, 5.74) is 2.19. The average Bonchev–Trinajstić information content (AvgIpc) is 3.16. The smallest absolute Gasteiger partial charge is 0.191 e. The van der Waals surface area contributed by atoms with Gasteiger partial charge in [0.25, 0.3) is 0 Å². The lowest BCUT2D eigenvalue weighted by molar-refractivity contribution is 0.287. The Kier molecular flexibility index (Phi) is 11.7. The van der Waals surface area contributed by atoms with E-state index in [1.54, 1.807) is 18.4 Å². The molecule has 0 aliphatic heterocycles. The van der Waals surface area contributed by atoms with Crippen LogP contribution in [0.25, 0.3) is 0 Å². The molecule has 1 aromatic carbocycles. The van der Waals surface area contributed by atoms with E-state index >= 15 is 0 Å². The molecule has 1 aromatic heterocycles. The zero-order valence-corrected chi connectivity index (χ0v) is 21.0. The number of anilines is 1. The van der Waals surface area contributed by atoms with E-state index in [9.17, 15) is 0 Å². The molecule has 0 aliphatic rings. The van der Waals surface area contributed by atoms with Crippen molar-refractivity contribution in [1.29, 1.82) is 0 Å². The average molecular weight is 533 g/mol.